The van der Waals surface area contributed by atoms with Crippen molar-refractivity contribution in [2.24, 2.45) is 5.73 Å². The fraction of sp³-hybridized carbons (Fsp3) is 0. The van der Waals surface area contributed by atoms with E-state index >= 15 is 0 Å². The molecule has 0 aliphatic carbocycles. The van der Waals surface area contributed by atoms with Gasteiger partial charge in [-0.3, -0.25) is 0 Å². The predicted molar refractivity (Wildman–Crippen MR) is 119 cm³/mol. The molecule has 0 bridgehead atoms. The monoisotopic (exact) mass is 387 g/mol. The summed E-state index contributed by atoms with van der Waals surface area (Å²) in [5, 5.41) is 4.19. The Bertz CT molecular complexity index is 1020. The van der Waals surface area contributed by atoms with Gasteiger partial charge in [-0.25, -0.2) is 4.98 Å². The molecule has 0 amide bonds. The molecule has 4 rings (SSSR count). The van der Waals surface area contributed by atoms with E-state index < -0.39 is 0 Å². The van der Waals surface area contributed by atoms with Gasteiger partial charge in [-0.15, -0.1) is 11.3 Å². The van der Waals surface area contributed by atoms with Crippen molar-refractivity contribution in [3.63, 3.8) is 0 Å². The second-order valence-corrected chi connectivity index (χ2v) is 7.44. The zero-order chi connectivity index (χ0) is 18.6. The number of thiocarbonyl (C=S) groups is 1. The molecule has 0 saturated carbocycles. The van der Waals surface area contributed by atoms with Gasteiger partial charge in [-0.2, -0.15) is 0 Å². The third-order valence-corrected chi connectivity index (χ3v) is 5.34. The molecule has 0 saturated heterocycles. The van der Waals surface area contributed by atoms with E-state index in [1.54, 1.807) is 11.3 Å². The molecule has 0 aliphatic rings. The molecular formula is C22H17N3S2. The molecule has 0 spiro atoms. The van der Waals surface area contributed by atoms with Crippen molar-refractivity contribution >= 4 is 34.4 Å². The van der Waals surface area contributed by atoms with Crippen LogP contribution in [0.25, 0.3) is 32.3 Å². The Balaban J connectivity index is 1.84. The minimum atomic E-state index is 0.251. The van der Waals surface area contributed by atoms with Crippen molar-refractivity contribution < 1.29 is 0 Å². The molecular weight excluding hydrogens is 370 g/mol. The zero-order valence-corrected chi connectivity index (χ0v) is 16.1. The van der Waals surface area contributed by atoms with Crippen molar-refractivity contribution in [3.05, 3.63) is 84.9 Å². The highest BCUT2D eigenvalue weighted by Gasteiger charge is 2.16. The summed E-state index contributed by atoms with van der Waals surface area (Å²) < 4.78 is 0. The Kier molecular flexibility index (Phi) is 4.96. The number of anilines is 1. The summed E-state index contributed by atoms with van der Waals surface area (Å²) in [5.41, 5.74) is 10.8. The van der Waals surface area contributed by atoms with Crippen molar-refractivity contribution in [2.75, 3.05) is 5.32 Å². The van der Waals surface area contributed by atoms with Gasteiger partial charge in [0.2, 0.25) is 0 Å². The number of thiazole rings is 1. The standard InChI is InChI=1S/C22H17N3S2/c23-22(26)24-18-13-7-12-17(14-18)21-25-19(15-8-3-1-4-9-15)20(27-21)16-10-5-2-6-11-16/h1-14H,(H3,23,24,26). The van der Waals surface area contributed by atoms with E-state index in [-0.39, 0.29) is 5.11 Å². The third kappa shape index (κ3) is 3.89. The Labute approximate surface area is 167 Å². The van der Waals surface area contributed by atoms with Crippen molar-refractivity contribution in [1.29, 1.82) is 0 Å². The number of hydrogen-bond donors (Lipinski definition) is 2. The fourth-order valence-corrected chi connectivity index (χ4v) is 4.10. The first kappa shape index (κ1) is 17.4. The van der Waals surface area contributed by atoms with Crippen LogP contribution in [-0.2, 0) is 0 Å². The molecule has 1 heterocycles. The second-order valence-electron chi connectivity index (χ2n) is 6.00. The van der Waals surface area contributed by atoms with E-state index in [1.165, 1.54) is 0 Å². The maximum atomic E-state index is 5.60. The van der Waals surface area contributed by atoms with E-state index in [9.17, 15) is 0 Å². The molecule has 3 nitrogen and oxygen atoms in total. The molecule has 0 aliphatic heterocycles. The Hall–Kier alpha value is -3.02. The second kappa shape index (κ2) is 7.70. The highest BCUT2D eigenvalue weighted by Crippen LogP contribution is 2.40. The van der Waals surface area contributed by atoms with Crippen LogP contribution in [0.3, 0.4) is 0 Å². The van der Waals surface area contributed by atoms with Crippen LogP contribution in [0.1, 0.15) is 0 Å². The lowest BCUT2D eigenvalue weighted by atomic mass is 10.1. The van der Waals surface area contributed by atoms with Gasteiger partial charge >= 0.3 is 0 Å². The Morgan fingerprint density at radius 1 is 0.815 bits per heavy atom. The zero-order valence-electron chi connectivity index (χ0n) is 14.4. The molecule has 1 aromatic heterocycles. The molecule has 0 radical (unpaired) electrons. The summed E-state index contributed by atoms with van der Waals surface area (Å²) in [6.45, 7) is 0. The number of nitrogens with one attached hydrogen (secondary N) is 1. The van der Waals surface area contributed by atoms with E-state index in [0.717, 1.165) is 38.0 Å². The van der Waals surface area contributed by atoms with E-state index in [1.807, 2.05) is 48.5 Å². The van der Waals surface area contributed by atoms with Crippen LogP contribution in [0.5, 0.6) is 0 Å². The predicted octanol–water partition coefficient (Wildman–Crippen LogP) is 5.80. The van der Waals surface area contributed by atoms with Crippen LogP contribution in [0.2, 0.25) is 0 Å². The van der Waals surface area contributed by atoms with E-state index in [0.29, 0.717) is 0 Å². The number of nitrogens with zero attached hydrogens (tertiary/aromatic N) is 1. The van der Waals surface area contributed by atoms with Gasteiger partial charge in [0.25, 0.3) is 0 Å². The molecule has 4 aromatic rings. The molecule has 3 aromatic carbocycles. The molecule has 27 heavy (non-hydrogen) atoms. The third-order valence-electron chi connectivity index (χ3n) is 4.09. The molecule has 3 N–H and O–H groups in total. The number of hydrogen-bond acceptors (Lipinski definition) is 3. The highest BCUT2D eigenvalue weighted by molar-refractivity contribution is 7.80. The molecule has 0 unspecified atom stereocenters. The first-order chi connectivity index (χ1) is 13.2. The summed E-state index contributed by atoms with van der Waals surface area (Å²) in [6.07, 6.45) is 0. The number of benzene rings is 3. The van der Waals surface area contributed by atoms with Crippen LogP contribution in [0, 0.1) is 0 Å². The topological polar surface area (TPSA) is 50.9 Å². The van der Waals surface area contributed by atoms with Gasteiger partial charge in [-0.1, -0.05) is 72.8 Å². The molecule has 5 heteroatoms. The maximum absolute atomic E-state index is 5.60. The molecule has 0 fully saturated rings. The lowest BCUT2D eigenvalue weighted by Gasteiger charge is -2.04. The Morgan fingerprint density at radius 3 is 2.11 bits per heavy atom. The summed E-state index contributed by atoms with van der Waals surface area (Å²) in [5.74, 6) is 0. The maximum Gasteiger partial charge on any atom is 0.168 e. The molecule has 0 atom stereocenters. The Morgan fingerprint density at radius 2 is 1.44 bits per heavy atom. The van der Waals surface area contributed by atoms with Crippen molar-refractivity contribution in [2.45, 2.75) is 0 Å². The van der Waals surface area contributed by atoms with Gasteiger partial charge in [0, 0.05) is 16.8 Å². The average molecular weight is 388 g/mol. The quantitative estimate of drug-likeness (QED) is 0.435. The van der Waals surface area contributed by atoms with Crippen LogP contribution in [-0.4, -0.2) is 10.1 Å². The largest absolute Gasteiger partial charge is 0.376 e. The van der Waals surface area contributed by atoms with Gasteiger partial charge in [0.05, 0.1) is 10.6 Å². The number of nitrogens with two attached hydrogens (primary N) is 1. The number of aromatic nitrogens is 1. The van der Waals surface area contributed by atoms with E-state index in [2.05, 4.69) is 41.7 Å². The minimum Gasteiger partial charge on any atom is -0.376 e. The van der Waals surface area contributed by atoms with Crippen molar-refractivity contribution in [3.8, 4) is 32.3 Å². The van der Waals surface area contributed by atoms with Crippen LogP contribution >= 0.6 is 23.6 Å². The SMILES string of the molecule is NC(=S)Nc1cccc(-c2nc(-c3ccccc3)c(-c3ccccc3)s2)c1. The normalized spacial score (nSPS) is 10.5. The smallest absolute Gasteiger partial charge is 0.168 e. The van der Waals surface area contributed by atoms with Gasteiger partial charge in [-0.05, 0) is 29.9 Å². The van der Waals surface area contributed by atoms with Crippen LogP contribution in [0.15, 0.2) is 84.9 Å². The summed E-state index contributed by atoms with van der Waals surface area (Å²) in [6, 6.07) is 28.6. The number of rotatable bonds is 4. The first-order valence-corrected chi connectivity index (χ1v) is 9.72. The van der Waals surface area contributed by atoms with Gasteiger partial charge < -0.3 is 11.1 Å². The lowest BCUT2D eigenvalue weighted by Crippen LogP contribution is -2.18. The highest BCUT2D eigenvalue weighted by atomic mass is 32.1. The lowest BCUT2D eigenvalue weighted by molar-refractivity contribution is 1.40. The van der Waals surface area contributed by atoms with Gasteiger partial charge in [0.1, 0.15) is 5.01 Å². The first-order valence-electron chi connectivity index (χ1n) is 8.49. The summed E-state index contributed by atoms with van der Waals surface area (Å²) in [4.78, 5) is 6.13. The average Bonchev–Trinajstić information content (AvgIpc) is 3.15. The summed E-state index contributed by atoms with van der Waals surface area (Å²) in [7, 11) is 0. The van der Waals surface area contributed by atoms with Gasteiger partial charge in [0.15, 0.2) is 5.11 Å². The minimum absolute atomic E-state index is 0.251. The summed E-state index contributed by atoms with van der Waals surface area (Å²) >= 11 is 6.63. The van der Waals surface area contributed by atoms with Crippen LogP contribution < -0.4 is 11.1 Å². The molecule has 132 valence electrons. The van der Waals surface area contributed by atoms with E-state index in [4.69, 9.17) is 22.9 Å². The van der Waals surface area contributed by atoms with Crippen molar-refractivity contribution in [1.82, 2.24) is 4.98 Å². The fourth-order valence-electron chi connectivity index (χ4n) is 2.89. The van der Waals surface area contributed by atoms with Crippen LogP contribution in [0.4, 0.5) is 5.69 Å².